The van der Waals surface area contributed by atoms with Crippen LogP contribution in [0.5, 0.6) is 11.5 Å². The first-order chi connectivity index (χ1) is 8.16. The first kappa shape index (κ1) is 9.96. The number of Topliss-reactive ketones (excluding diaryl/α,β-unsaturated/α-hetero) is 1. The lowest BCUT2D eigenvalue weighted by molar-refractivity contribution is 0.0729. The van der Waals surface area contributed by atoms with Crippen molar-refractivity contribution in [1.29, 1.82) is 0 Å². The highest BCUT2D eigenvalue weighted by atomic mass is 16.5. The van der Waals surface area contributed by atoms with Crippen molar-refractivity contribution in [3.63, 3.8) is 0 Å². The van der Waals surface area contributed by atoms with E-state index in [1.54, 1.807) is 18.2 Å². The number of ketones is 1. The highest BCUT2D eigenvalue weighted by Gasteiger charge is 2.39. The molecule has 1 aliphatic heterocycles. The molecule has 2 unspecified atom stereocenters. The predicted molar refractivity (Wildman–Crippen MR) is 60.2 cm³/mol. The van der Waals surface area contributed by atoms with E-state index < -0.39 is 12.0 Å². The van der Waals surface area contributed by atoms with Crippen LogP contribution in [0.15, 0.2) is 42.2 Å². The lowest BCUT2D eigenvalue weighted by atomic mass is 9.85. The third kappa shape index (κ3) is 1.41. The standard InChI is InChI=1S/C13H10O4/c14-7-4-5-10-8(6-7)13(16)12-9(15)2-1-3-11(12)17-10/h1-6,11-12,14-15H. The van der Waals surface area contributed by atoms with E-state index in [-0.39, 0.29) is 17.3 Å². The van der Waals surface area contributed by atoms with Gasteiger partial charge in [-0.3, -0.25) is 4.79 Å². The molecule has 0 saturated heterocycles. The minimum absolute atomic E-state index is 0.00325. The minimum atomic E-state index is -0.700. The summed E-state index contributed by atoms with van der Waals surface area (Å²) >= 11 is 0. The molecule has 2 N–H and O–H groups in total. The van der Waals surface area contributed by atoms with Gasteiger partial charge in [-0.2, -0.15) is 0 Å². The average molecular weight is 230 g/mol. The van der Waals surface area contributed by atoms with Crippen LogP contribution in [-0.4, -0.2) is 22.1 Å². The summed E-state index contributed by atoms with van der Waals surface area (Å²) in [6, 6.07) is 4.39. The Hall–Kier alpha value is -2.23. The van der Waals surface area contributed by atoms with E-state index in [9.17, 15) is 15.0 Å². The van der Waals surface area contributed by atoms with Gasteiger partial charge in [-0.25, -0.2) is 0 Å². The fraction of sp³-hybridized carbons (Fsp3) is 0.154. The Morgan fingerprint density at radius 3 is 2.88 bits per heavy atom. The Labute approximate surface area is 97.5 Å². The van der Waals surface area contributed by atoms with Crippen molar-refractivity contribution in [2.75, 3.05) is 0 Å². The number of hydrogen-bond donors (Lipinski definition) is 2. The molecule has 1 aromatic rings. The maximum atomic E-state index is 12.2. The number of phenols is 1. The molecule has 2 aliphatic rings. The molecule has 1 aromatic carbocycles. The van der Waals surface area contributed by atoms with Gasteiger partial charge in [0.25, 0.3) is 0 Å². The smallest absolute Gasteiger partial charge is 0.181 e. The van der Waals surface area contributed by atoms with E-state index in [1.165, 1.54) is 18.2 Å². The molecule has 0 radical (unpaired) electrons. The average Bonchev–Trinajstić information content (AvgIpc) is 2.30. The zero-order chi connectivity index (χ0) is 12.0. The quantitative estimate of drug-likeness (QED) is 0.715. The minimum Gasteiger partial charge on any atom is -0.511 e. The second kappa shape index (κ2) is 3.38. The van der Waals surface area contributed by atoms with Crippen LogP contribution in [-0.2, 0) is 0 Å². The summed E-state index contributed by atoms with van der Waals surface area (Å²) in [5, 5.41) is 19.1. The van der Waals surface area contributed by atoms with Gasteiger partial charge in [0.05, 0.1) is 5.56 Å². The van der Waals surface area contributed by atoms with Crippen molar-refractivity contribution in [2.24, 2.45) is 5.92 Å². The molecular formula is C13H10O4. The summed E-state index contributed by atoms with van der Waals surface area (Å²) in [4.78, 5) is 12.2. The molecule has 1 aliphatic carbocycles. The van der Waals surface area contributed by atoms with Gasteiger partial charge in [0.2, 0.25) is 0 Å². The molecule has 1 heterocycles. The summed E-state index contributed by atoms with van der Waals surface area (Å²) in [6.07, 6.45) is 4.41. The predicted octanol–water partition coefficient (Wildman–Crippen LogP) is 1.96. The Bertz CT molecular complexity index is 557. The number of aliphatic hydroxyl groups is 1. The maximum absolute atomic E-state index is 12.2. The van der Waals surface area contributed by atoms with Gasteiger partial charge < -0.3 is 14.9 Å². The van der Waals surface area contributed by atoms with Crippen LogP contribution in [0.2, 0.25) is 0 Å². The molecule has 4 heteroatoms. The number of rotatable bonds is 0. The number of ether oxygens (including phenoxy) is 1. The molecule has 86 valence electrons. The number of aliphatic hydroxyl groups excluding tert-OH is 1. The first-order valence-corrected chi connectivity index (χ1v) is 5.28. The molecule has 4 nitrogen and oxygen atoms in total. The van der Waals surface area contributed by atoms with Crippen LogP contribution >= 0.6 is 0 Å². The van der Waals surface area contributed by atoms with Crippen molar-refractivity contribution >= 4 is 5.78 Å². The van der Waals surface area contributed by atoms with E-state index in [2.05, 4.69) is 0 Å². The molecule has 0 saturated carbocycles. The summed E-state index contributed by atoms with van der Waals surface area (Å²) in [7, 11) is 0. The third-order valence-electron chi connectivity index (χ3n) is 2.99. The highest BCUT2D eigenvalue weighted by Crippen LogP contribution is 2.37. The monoisotopic (exact) mass is 230 g/mol. The number of aromatic hydroxyl groups is 1. The van der Waals surface area contributed by atoms with Crippen LogP contribution in [0.25, 0.3) is 0 Å². The molecule has 17 heavy (non-hydrogen) atoms. The van der Waals surface area contributed by atoms with Crippen LogP contribution in [0, 0.1) is 5.92 Å². The third-order valence-corrected chi connectivity index (χ3v) is 2.99. The van der Waals surface area contributed by atoms with Crippen molar-refractivity contribution < 1.29 is 19.7 Å². The lowest BCUT2D eigenvalue weighted by Gasteiger charge is -2.31. The van der Waals surface area contributed by atoms with Crippen molar-refractivity contribution in [2.45, 2.75) is 6.10 Å². The molecule has 2 atom stereocenters. The summed E-state index contributed by atoms with van der Waals surface area (Å²) in [6.45, 7) is 0. The number of allylic oxidation sites excluding steroid dienone is 2. The SMILES string of the molecule is O=C1c2cc(O)ccc2OC2C=CC=C(O)C12. The van der Waals surface area contributed by atoms with E-state index in [4.69, 9.17) is 4.74 Å². The second-order valence-electron chi connectivity index (χ2n) is 4.08. The Morgan fingerprint density at radius 1 is 1.24 bits per heavy atom. The normalized spacial score (nSPS) is 25.6. The molecular weight excluding hydrogens is 220 g/mol. The van der Waals surface area contributed by atoms with Crippen LogP contribution in [0.3, 0.4) is 0 Å². The van der Waals surface area contributed by atoms with E-state index >= 15 is 0 Å². The molecule has 0 spiro atoms. The maximum Gasteiger partial charge on any atom is 0.181 e. The largest absolute Gasteiger partial charge is 0.511 e. The number of benzene rings is 1. The first-order valence-electron chi connectivity index (χ1n) is 5.28. The highest BCUT2D eigenvalue weighted by molar-refractivity contribution is 6.03. The molecule has 0 fully saturated rings. The number of carbonyl (C=O) groups excluding carboxylic acids is 1. The van der Waals surface area contributed by atoms with Gasteiger partial charge >= 0.3 is 0 Å². The number of fused-ring (bicyclic) bond motifs is 2. The fourth-order valence-electron chi connectivity index (χ4n) is 2.17. The van der Waals surface area contributed by atoms with Crippen LogP contribution < -0.4 is 4.74 Å². The zero-order valence-corrected chi connectivity index (χ0v) is 8.83. The lowest BCUT2D eigenvalue weighted by Crippen LogP contribution is -2.38. The molecule has 3 rings (SSSR count). The topological polar surface area (TPSA) is 66.8 Å². The Balaban J connectivity index is 2.12. The van der Waals surface area contributed by atoms with Gasteiger partial charge in [0.15, 0.2) is 5.78 Å². The number of phenolic OH excluding ortho intramolecular Hbond substituents is 1. The van der Waals surface area contributed by atoms with Gasteiger partial charge in [-0.05, 0) is 30.4 Å². The van der Waals surface area contributed by atoms with Crippen LogP contribution in [0.1, 0.15) is 10.4 Å². The van der Waals surface area contributed by atoms with Gasteiger partial charge in [0, 0.05) is 0 Å². The number of carbonyl (C=O) groups is 1. The second-order valence-corrected chi connectivity index (χ2v) is 4.08. The van der Waals surface area contributed by atoms with Crippen molar-refractivity contribution in [1.82, 2.24) is 0 Å². The van der Waals surface area contributed by atoms with E-state index in [1.807, 2.05) is 0 Å². The van der Waals surface area contributed by atoms with Gasteiger partial charge in [-0.15, -0.1) is 0 Å². The summed E-state index contributed by atoms with van der Waals surface area (Å²) in [5.41, 5.74) is 0.307. The summed E-state index contributed by atoms with van der Waals surface area (Å²) < 4.78 is 5.61. The van der Waals surface area contributed by atoms with E-state index in [0.29, 0.717) is 11.3 Å². The molecule has 0 amide bonds. The van der Waals surface area contributed by atoms with Crippen molar-refractivity contribution in [3.8, 4) is 11.5 Å². The van der Waals surface area contributed by atoms with Crippen LogP contribution in [0.4, 0.5) is 0 Å². The van der Waals surface area contributed by atoms with Gasteiger partial charge in [0.1, 0.15) is 29.3 Å². The zero-order valence-electron chi connectivity index (χ0n) is 8.83. The van der Waals surface area contributed by atoms with Gasteiger partial charge in [-0.1, -0.05) is 6.08 Å². The van der Waals surface area contributed by atoms with Crippen molar-refractivity contribution in [3.05, 3.63) is 47.7 Å². The molecule has 0 aromatic heterocycles. The Morgan fingerprint density at radius 2 is 2.06 bits per heavy atom. The molecule has 0 bridgehead atoms. The fourth-order valence-corrected chi connectivity index (χ4v) is 2.17. The number of hydrogen-bond acceptors (Lipinski definition) is 4. The Kier molecular flexibility index (Phi) is 1.98. The van der Waals surface area contributed by atoms with E-state index in [0.717, 1.165) is 0 Å². The summed E-state index contributed by atoms with van der Waals surface area (Å²) in [5.74, 6) is -0.488.